The van der Waals surface area contributed by atoms with Crippen LogP contribution in [0.15, 0.2) is 155 Å². The normalized spacial score (nSPS) is 10.8. The van der Waals surface area contributed by atoms with E-state index in [1.807, 2.05) is 91.9 Å². The van der Waals surface area contributed by atoms with E-state index in [1.54, 1.807) is 6.07 Å². The Morgan fingerprint density at radius 1 is 0.600 bits per heavy atom. The van der Waals surface area contributed by atoms with Crippen molar-refractivity contribution in [2.24, 2.45) is 0 Å². The first-order valence-electron chi connectivity index (χ1n) is 13.1. The molecule has 0 atom stereocenters. The van der Waals surface area contributed by atoms with Crippen molar-refractivity contribution in [3.8, 4) is 5.75 Å². The molecule has 0 fully saturated rings. The summed E-state index contributed by atoms with van der Waals surface area (Å²) in [6.07, 6.45) is -0.244. The number of halogens is 1. The predicted octanol–water partition coefficient (Wildman–Crippen LogP) is 9.44. The fourth-order valence-electron chi connectivity index (χ4n) is 4.54. The van der Waals surface area contributed by atoms with Gasteiger partial charge in [-0.3, -0.25) is 0 Å². The van der Waals surface area contributed by atoms with Crippen LogP contribution in [0.25, 0.3) is 11.0 Å². The second-order valence-electron chi connectivity index (χ2n) is 9.41. The van der Waals surface area contributed by atoms with Crippen molar-refractivity contribution < 1.29 is 9.15 Å². The number of alkyl halides is 1. The van der Waals surface area contributed by atoms with E-state index in [0.29, 0.717) is 16.2 Å². The van der Waals surface area contributed by atoms with Crippen molar-refractivity contribution in [1.29, 1.82) is 0 Å². The summed E-state index contributed by atoms with van der Waals surface area (Å²) in [6.45, 7) is 1.90. The third-order valence-electron chi connectivity index (χ3n) is 6.57. The van der Waals surface area contributed by atoms with Gasteiger partial charge in [-0.25, -0.2) is 4.79 Å². The molecule has 0 aliphatic heterocycles. The van der Waals surface area contributed by atoms with Gasteiger partial charge >= 0.3 is 5.63 Å². The van der Waals surface area contributed by atoms with Crippen molar-refractivity contribution in [2.45, 2.75) is 17.9 Å². The molecular weight excluding hydrogens is 560 g/mol. The Bertz CT molecular complexity index is 1620. The fraction of sp³-hybridized carbons (Fsp3) is 0.0833. The maximum atomic E-state index is 11.7. The van der Waals surface area contributed by atoms with Crippen molar-refractivity contribution in [2.75, 3.05) is 0 Å². The van der Waals surface area contributed by atoms with Crippen molar-refractivity contribution in [3.63, 3.8) is 0 Å². The zero-order chi connectivity index (χ0) is 27.7. The lowest BCUT2D eigenvalue weighted by molar-refractivity contribution is 0.247. The Balaban J connectivity index is 0.000000194. The lowest BCUT2D eigenvalue weighted by Crippen LogP contribution is -2.09. The highest BCUT2D eigenvalue weighted by Crippen LogP contribution is 2.31. The Labute approximate surface area is 242 Å². The average Bonchev–Trinajstić information content (AvgIpc) is 3.01. The Hall–Kier alpha value is -4.41. The summed E-state index contributed by atoms with van der Waals surface area (Å²) in [5.41, 5.74) is 5.78. The van der Waals surface area contributed by atoms with Gasteiger partial charge < -0.3 is 9.15 Å². The van der Waals surface area contributed by atoms with E-state index in [4.69, 9.17) is 9.15 Å². The number of aryl methyl sites for hydroxylation is 1. The molecule has 1 aromatic heterocycles. The Kier molecular flexibility index (Phi) is 8.89. The lowest BCUT2D eigenvalue weighted by atomic mass is 10.0. The van der Waals surface area contributed by atoms with Crippen LogP contribution in [0.5, 0.6) is 5.75 Å². The molecule has 3 nitrogen and oxygen atoms in total. The number of hydrogen-bond acceptors (Lipinski definition) is 3. The lowest BCUT2D eigenvalue weighted by Gasteiger charge is -2.20. The van der Waals surface area contributed by atoms with Crippen LogP contribution < -0.4 is 10.4 Å². The van der Waals surface area contributed by atoms with Crippen molar-refractivity contribution >= 4 is 26.9 Å². The minimum absolute atomic E-state index is 0.244. The van der Waals surface area contributed by atoms with Crippen LogP contribution >= 0.6 is 15.9 Å². The molecule has 6 aromatic rings. The van der Waals surface area contributed by atoms with Crippen LogP contribution in [0.1, 0.15) is 38.7 Å². The van der Waals surface area contributed by atoms with E-state index in [9.17, 15) is 4.79 Å². The summed E-state index contributed by atoms with van der Waals surface area (Å²) in [6, 6.07) is 48.1. The number of fused-ring (bicyclic) bond motifs is 1. The van der Waals surface area contributed by atoms with Gasteiger partial charge in [-0.15, -0.1) is 0 Å². The summed E-state index contributed by atoms with van der Waals surface area (Å²) in [4.78, 5) is 12.0. The molecule has 40 heavy (non-hydrogen) atoms. The highest BCUT2D eigenvalue weighted by atomic mass is 79.9. The van der Waals surface area contributed by atoms with Crippen molar-refractivity contribution in [3.05, 3.63) is 184 Å². The summed E-state index contributed by atoms with van der Waals surface area (Å²) < 4.78 is 11.7. The van der Waals surface area contributed by atoms with Crippen LogP contribution in [0, 0.1) is 6.92 Å². The van der Waals surface area contributed by atoms with E-state index >= 15 is 0 Å². The zero-order valence-corrected chi connectivity index (χ0v) is 23.7. The molecular formula is C36H29BrO3. The van der Waals surface area contributed by atoms with Gasteiger partial charge in [-0.1, -0.05) is 137 Å². The quantitative estimate of drug-likeness (QED) is 0.144. The van der Waals surface area contributed by atoms with Crippen LogP contribution in [0.2, 0.25) is 0 Å². The number of ether oxygens (including phenoxy) is 1. The van der Waals surface area contributed by atoms with Gasteiger partial charge in [-0.05, 0) is 46.9 Å². The molecule has 0 N–H and O–H groups in total. The molecule has 198 valence electrons. The standard InChI is InChI=1S/C23H18O3.C13H11Br/c1-16-14-22(24)26-21-15-19(12-13-20(16)21)25-23(17-8-4-2-5-9-17)18-10-6-3-7-11-18;14-13(11-7-3-1-4-8-11)12-9-5-2-6-10-12/h2-15,23H,1H3;1-10,13H. The molecule has 0 radical (unpaired) electrons. The van der Waals surface area contributed by atoms with Gasteiger partial charge in [0.05, 0.1) is 4.83 Å². The summed E-state index contributed by atoms with van der Waals surface area (Å²) >= 11 is 3.69. The molecule has 0 unspecified atom stereocenters. The molecule has 0 aliphatic carbocycles. The first-order valence-corrected chi connectivity index (χ1v) is 14.0. The topological polar surface area (TPSA) is 39.4 Å². The summed E-state index contributed by atoms with van der Waals surface area (Å²) in [5.74, 6) is 0.656. The molecule has 0 amide bonds. The van der Waals surface area contributed by atoms with E-state index in [2.05, 4.69) is 64.5 Å². The maximum absolute atomic E-state index is 11.7. The number of hydrogen-bond donors (Lipinski definition) is 0. The monoisotopic (exact) mass is 588 g/mol. The van der Waals surface area contributed by atoms with Gasteiger partial charge in [0.2, 0.25) is 0 Å². The predicted molar refractivity (Wildman–Crippen MR) is 166 cm³/mol. The molecule has 0 bridgehead atoms. The minimum Gasteiger partial charge on any atom is -0.481 e. The van der Waals surface area contributed by atoms with Gasteiger partial charge in [0.25, 0.3) is 0 Å². The molecule has 0 saturated carbocycles. The van der Waals surface area contributed by atoms with E-state index < -0.39 is 0 Å². The molecule has 6 rings (SSSR count). The number of benzene rings is 5. The van der Waals surface area contributed by atoms with Gasteiger partial charge in [0, 0.05) is 17.5 Å². The van der Waals surface area contributed by atoms with Crippen molar-refractivity contribution in [1.82, 2.24) is 0 Å². The van der Waals surface area contributed by atoms with E-state index in [-0.39, 0.29) is 11.7 Å². The van der Waals surface area contributed by atoms with Gasteiger partial charge in [-0.2, -0.15) is 0 Å². The van der Waals surface area contributed by atoms with Crippen LogP contribution in [0.3, 0.4) is 0 Å². The van der Waals surface area contributed by atoms with Gasteiger partial charge in [0.15, 0.2) is 0 Å². The number of rotatable bonds is 6. The minimum atomic E-state index is -0.352. The Morgan fingerprint density at radius 2 is 1.05 bits per heavy atom. The van der Waals surface area contributed by atoms with E-state index in [1.165, 1.54) is 17.2 Å². The van der Waals surface area contributed by atoms with Gasteiger partial charge in [0.1, 0.15) is 17.4 Å². The smallest absolute Gasteiger partial charge is 0.336 e. The second kappa shape index (κ2) is 13.1. The second-order valence-corrected chi connectivity index (χ2v) is 10.3. The highest BCUT2D eigenvalue weighted by molar-refractivity contribution is 9.09. The average molecular weight is 590 g/mol. The van der Waals surface area contributed by atoms with Crippen LogP contribution in [-0.2, 0) is 0 Å². The third-order valence-corrected chi connectivity index (χ3v) is 7.62. The maximum Gasteiger partial charge on any atom is 0.336 e. The zero-order valence-electron chi connectivity index (χ0n) is 22.1. The molecule has 5 aromatic carbocycles. The van der Waals surface area contributed by atoms with Crippen LogP contribution in [0.4, 0.5) is 0 Å². The molecule has 0 spiro atoms. The Morgan fingerprint density at radius 3 is 1.52 bits per heavy atom. The summed E-state index contributed by atoms with van der Waals surface area (Å²) in [5, 5.41) is 0.910. The largest absolute Gasteiger partial charge is 0.481 e. The molecule has 0 aliphatic rings. The third kappa shape index (κ3) is 6.77. The first kappa shape index (κ1) is 27.2. The van der Waals surface area contributed by atoms with E-state index in [0.717, 1.165) is 22.1 Å². The van der Waals surface area contributed by atoms with Crippen LogP contribution in [-0.4, -0.2) is 0 Å². The SMILES string of the molecule is BrC(c1ccccc1)c1ccccc1.Cc1cc(=O)oc2cc(OC(c3ccccc3)c3ccccc3)ccc12. The summed E-state index contributed by atoms with van der Waals surface area (Å²) in [7, 11) is 0. The molecule has 4 heteroatoms. The first-order chi connectivity index (χ1) is 19.6. The fourth-order valence-corrected chi connectivity index (χ4v) is 5.15. The molecule has 1 heterocycles. The molecule has 0 saturated heterocycles. The highest BCUT2D eigenvalue weighted by Gasteiger charge is 2.16.